The van der Waals surface area contributed by atoms with E-state index in [0.29, 0.717) is 5.92 Å². The van der Waals surface area contributed by atoms with Crippen LogP contribution in [0.3, 0.4) is 0 Å². The summed E-state index contributed by atoms with van der Waals surface area (Å²) in [7, 11) is 0. The lowest BCUT2D eigenvalue weighted by atomic mass is 9.51. The molecule has 0 saturated heterocycles. The highest BCUT2D eigenvalue weighted by molar-refractivity contribution is 5.85. The van der Waals surface area contributed by atoms with E-state index in [0.717, 1.165) is 48.5 Å². The predicted molar refractivity (Wildman–Crippen MR) is 124 cm³/mol. The summed E-state index contributed by atoms with van der Waals surface area (Å²) in [6, 6.07) is 9.37. The van der Waals surface area contributed by atoms with E-state index in [4.69, 9.17) is 5.73 Å². The van der Waals surface area contributed by atoms with Crippen LogP contribution in [0.1, 0.15) is 87.7 Å². The van der Waals surface area contributed by atoms with Gasteiger partial charge < -0.3 is 5.73 Å². The minimum Gasteiger partial charge on any atom is -0.330 e. The first-order chi connectivity index (χ1) is 13.8. The van der Waals surface area contributed by atoms with Gasteiger partial charge in [0.15, 0.2) is 0 Å². The van der Waals surface area contributed by atoms with Crippen LogP contribution in [0, 0.1) is 47.3 Å². The Labute approximate surface area is 184 Å². The summed E-state index contributed by atoms with van der Waals surface area (Å²) in [6.07, 6.45) is 15.4. The summed E-state index contributed by atoms with van der Waals surface area (Å²) in [5, 5.41) is 0. The lowest BCUT2D eigenvalue weighted by molar-refractivity contribution is -0.00277. The molecule has 5 saturated carbocycles. The SMILES string of the molecule is Cl.NCC(CC#Cc1ccc(C2C3CC4CC(C3)CC2C4)cc1)C1CCCCC1. The lowest BCUT2D eigenvalue weighted by Crippen LogP contribution is -2.43. The minimum absolute atomic E-state index is 0. The van der Waals surface area contributed by atoms with Gasteiger partial charge in [-0.15, -0.1) is 12.4 Å². The molecule has 0 aliphatic heterocycles. The van der Waals surface area contributed by atoms with Crippen molar-refractivity contribution in [2.75, 3.05) is 6.54 Å². The van der Waals surface area contributed by atoms with E-state index in [1.54, 1.807) is 12.0 Å². The van der Waals surface area contributed by atoms with Gasteiger partial charge in [0.25, 0.3) is 0 Å². The number of nitrogens with two attached hydrogens (primary N) is 1. The summed E-state index contributed by atoms with van der Waals surface area (Å²) >= 11 is 0. The Morgan fingerprint density at radius 1 is 0.862 bits per heavy atom. The molecule has 29 heavy (non-hydrogen) atoms. The van der Waals surface area contributed by atoms with Gasteiger partial charge in [0.05, 0.1) is 0 Å². The van der Waals surface area contributed by atoms with Crippen molar-refractivity contribution in [2.24, 2.45) is 41.2 Å². The first kappa shape index (κ1) is 21.3. The normalized spacial score (nSPS) is 34.2. The number of benzene rings is 1. The first-order valence-electron chi connectivity index (χ1n) is 12.1. The van der Waals surface area contributed by atoms with Crippen molar-refractivity contribution in [3.05, 3.63) is 35.4 Å². The standard InChI is InChI=1S/C27H37N.ClH/c28-18-24(22-6-2-1-3-7-22)8-4-5-19-9-11-23(12-10-19)27-25-14-20-13-21(16-25)17-26(27)15-20;/h9-12,20-22,24-27H,1-3,6-8,13-18,28H2;1H. The number of hydrogen-bond acceptors (Lipinski definition) is 1. The van der Waals surface area contributed by atoms with Crippen molar-refractivity contribution in [3.8, 4) is 11.8 Å². The van der Waals surface area contributed by atoms with Crippen LogP contribution in [0.15, 0.2) is 24.3 Å². The first-order valence-corrected chi connectivity index (χ1v) is 12.1. The highest BCUT2D eigenvalue weighted by Crippen LogP contribution is 2.59. The van der Waals surface area contributed by atoms with Crippen LogP contribution in [0.5, 0.6) is 0 Å². The third-order valence-electron chi connectivity index (χ3n) is 8.74. The van der Waals surface area contributed by atoms with Crippen LogP contribution in [0.4, 0.5) is 0 Å². The molecule has 4 bridgehead atoms. The topological polar surface area (TPSA) is 26.0 Å². The second-order valence-corrected chi connectivity index (χ2v) is 10.5. The van der Waals surface area contributed by atoms with Crippen molar-refractivity contribution in [2.45, 2.75) is 76.5 Å². The zero-order valence-electron chi connectivity index (χ0n) is 17.8. The Hall–Kier alpha value is -0.970. The molecule has 1 atom stereocenters. The van der Waals surface area contributed by atoms with Crippen LogP contribution in [-0.4, -0.2) is 6.54 Å². The smallest absolute Gasteiger partial charge is 0.0245 e. The van der Waals surface area contributed by atoms with Crippen molar-refractivity contribution in [1.29, 1.82) is 0 Å². The fraction of sp³-hybridized carbons (Fsp3) is 0.704. The Bertz CT molecular complexity index is 693. The van der Waals surface area contributed by atoms with Gasteiger partial charge in [-0.3, -0.25) is 0 Å². The third-order valence-corrected chi connectivity index (χ3v) is 8.74. The van der Waals surface area contributed by atoms with Gasteiger partial charge in [0.2, 0.25) is 0 Å². The molecular formula is C27H38ClN. The Kier molecular flexibility index (Phi) is 6.93. The molecular weight excluding hydrogens is 374 g/mol. The summed E-state index contributed by atoms with van der Waals surface area (Å²) in [4.78, 5) is 0. The molecule has 2 N–H and O–H groups in total. The quantitative estimate of drug-likeness (QED) is 0.559. The van der Waals surface area contributed by atoms with E-state index in [1.807, 2.05) is 0 Å². The molecule has 1 unspecified atom stereocenters. The molecule has 1 aromatic carbocycles. The summed E-state index contributed by atoms with van der Waals surface area (Å²) < 4.78 is 0. The van der Waals surface area contributed by atoms with E-state index >= 15 is 0 Å². The van der Waals surface area contributed by atoms with Crippen LogP contribution in [0.25, 0.3) is 0 Å². The highest BCUT2D eigenvalue weighted by Gasteiger charge is 2.48. The van der Waals surface area contributed by atoms with Crippen molar-refractivity contribution < 1.29 is 0 Å². The second kappa shape index (κ2) is 9.45. The van der Waals surface area contributed by atoms with Gasteiger partial charge in [0, 0.05) is 12.0 Å². The third kappa shape index (κ3) is 4.55. The van der Waals surface area contributed by atoms with E-state index < -0.39 is 0 Å². The monoisotopic (exact) mass is 411 g/mol. The molecule has 5 fully saturated rings. The van der Waals surface area contributed by atoms with E-state index in [9.17, 15) is 0 Å². The van der Waals surface area contributed by atoms with Crippen molar-refractivity contribution in [1.82, 2.24) is 0 Å². The maximum absolute atomic E-state index is 6.08. The second-order valence-electron chi connectivity index (χ2n) is 10.5. The molecule has 1 nitrogen and oxygen atoms in total. The molecule has 0 radical (unpaired) electrons. The van der Waals surface area contributed by atoms with Crippen molar-refractivity contribution >= 4 is 12.4 Å². The van der Waals surface area contributed by atoms with Gasteiger partial charge in [0.1, 0.15) is 0 Å². The molecule has 1 aromatic rings. The lowest BCUT2D eigenvalue weighted by Gasteiger charge is -2.54. The van der Waals surface area contributed by atoms with Gasteiger partial charge in [-0.1, -0.05) is 56.1 Å². The molecule has 0 spiro atoms. The van der Waals surface area contributed by atoms with E-state index in [2.05, 4.69) is 36.1 Å². The van der Waals surface area contributed by atoms with Crippen LogP contribution >= 0.6 is 12.4 Å². The Balaban J connectivity index is 0.00000205. The van der Waals surface area contributed by atoms with Gasteiger partial charge in [-0.25, -0.2) is 0 Å². The average Bonchev–Trinajstić information content (AvgIpc) is 2.72. The highest BCUT2D eigenvalue weighted by atomic mass is 35.5. The van der Waals surface area contributed by atoms with E-state index in [1.165, 1.54) is 63.4 Å². The average molecular weight is 412 g/mol. The molecule has 2 heteroatoms. The fourth-order valence-corrected chi connectivity index (χ4v) is 7.59. The van der Waals surface area contributed by atoms with Crippen LogP contribution in [0.2, 0.25) is 0 Å². The van der Waals surface area contributed by atoms with Gasteiger partial charge in [-0.2, -0.15) is 0 Å². The molecule has 5 aliphatic rings. The predicted octanol–water partition coefficient (Wildman–Crippen LogP) is 6.54. The van der Waals surface area contributed by atoms with Crippen LogP contribution < -0.4 is 5.73 Å². The largest absolute Gasteiger partial charge is 0.330 e. The molecule has 0 aromatic heterocycles. The molecule has 0 heterocycles. The minimum atomic E-state index is 0. The number of hydrogen-bond donors (Lipinski definition) is 1. The Morgan fingerprint density at radius 3 is 2.07 bits per heavy atom. The number of halogens is 1. The van der Waals surface area contributed by atoms with Crippen molar-refractivity contribution in [3.63, 3.8) is 0 Å². The maximum Gasteiger partial charge on any atom is 0.0245 e. The van der Waals surface area contributed by atoms with Crippen LogP contribution in [-0.2, 0) is 0 Å². The summed E-state index contributed by atoms with van der Waals surface area (Å²) in [6.45, 7) is 0.796. The molecule has 0 amide bonds. The zero-order chi connectivity index (χ0) is 18.9. The molecule has 158 valence electrons. The Morgan fingerprint density at radius 2 is 1.48 bits per heavy atom. The zero-order valence-corrected chi connectivity index (χ0v) is 18.6. The summed E-state index contributed by atoms with van der Waals surface area (Å²) in [5.74, 6) is 13.2. The molecule has 6 rings (SSSR count). The number of rotatable bonds is 4. The van der Waals surface area contributed by atoms with Gasteiger partial charge >= 0.3 is 0 Å². The van der Waals surface area contributed by atoms with Gasteiger partial charge in [-0.05, 0) is 97.8 Å². The van der Waals surface area contributed by atoms with E-state index in [-0.39, 0.29) is 12.4 Å². The molecule has 5 aliphatic carbocycles. The fourth-order valence-electron chi connectivity index (χ4n) is 7.59. The maximum atomic E-state index is 6.08. The summed E-state index contributed by atoms with van der Waals surface area (Å²) in [5.41, 5.74) is 8.86.